The molecule has 1 fully saturated rings. The molecular weight excluding hydrogens is 408 g/mol. The minimum Gasteiger partial charge on any atom is -0.465 e. The number of likely N-dealkylation sites (tertiary alicyclic amines) is 1. The fraction of sp³-hybridized carbons (Fsp3) is 0.600. The van der Waals surface area contributed by atoms with E-state index < -0.39 is 31.8 Å². The van der Waals surface area contributed by atoms with E-state index in [1.807, 2.05) is 13.1 Å². The fourth-order valence-electron chi connectivity index (χ4n) is 3.52. The van der Waals surface area contributed by atoms with Crippen molar-refractivity contribution >= 4 is 26.8 Å². The average Bonchev–Trinajstić information content (AvgIpc) is 3.06. The van der Waals surface area contributed by atoms with Crippen molar-refractivity contribution < 1.29 is 28.4 Å². The lowest BCUT2D eigenvalue weighted by molar-refractivity contribution is -0.384. The van der Waals surface area contributed by atoms with Crippen molar-refractivity contribution in [3.63, 3.8) is 0 Å². The number of benzene rings is 1. The van der Waals surface area contributed by atoms with Crippen molar-refractivity contribution in [1.82, 2.24) is 4.90 Å². The van der Waals surface area contributed by atoms with E-state index in [2.05, 4.69) is 20.8 Å². The van der Waals surface area contributed by atoms with Gasteiger partial charge < -0.3 is 13.9 Å². The average molecular weight is 439 g/mol. The van der Waals surface area contributed by atoms with Gasteiger partial charge in [-0.05, 0) is 42.1 Å². The number of methoxy groups -OCH3 is 1. The van der Waals surface area contributed by atoms with Gasteiger partial charge in [-0.15, -0.1) is 0 Å². The zero-order chi connectivity index (χ0) is 22.7. The lowest BCUT2D eigenvalue weighted by Gasteiger charge is -2.36. The van der Waals surface area contributed by atoms with E-state index in [4.69, 9.17) is 13.9 Å². The molecule has 1 amide bonds. The Morgan fingerprint density at radius 2 is 1.87 bits per heavy atom. The van der Waals surface area contributed by atoms with Gasteiger partial charge in [-0.1, -0.05) is 20.8 Å². The van der Waals surface area contributed by atoms with Crippen LogP contribution in [-0.2, 0) is 25.3 Å². The maximum Gasteiger partial charge on any atom is 0.412 e. The molecule has 0 radical (unpaired) electrons. The van der Waals surface area contributed by atoms with Gasteiger partial charge in [-0.3, -0.25) is 15.0 Å². The predicted molar refractivity (Wildman–Crippen MR) is 112 cm³/mol. The molecule has 10 heteroatoms. The van der Waals surface area contributed by atoms with Crippen LogP contribution in [0.15, 0.2) is 24.3 Å². The molecule has 30 heavy (non-hydrogen) atoms. The van der Waals surface area contributed by atoms with Crippen LogP contribution in [0.25, 0.3) is 0 Å². The van der Waals surface area contributed by atoms with E-state index in [0.717, 1.165) is 0 Å². The third-order valence-electron chi connectivity index (χ3n) is 5.25. The molecule has 1 saturated heterocycles. The zero-order valence-corrected chi connectivity index (χ0v) is 19.5. The molecule has 1 aromatic rings. The molecule has 1 aliphatic heterocycles. The Morgan fingerprint density at radius 3 is 2.33 bits per heavy atom. The van der Waals surface area contributed by atoms with E-state index in [-0.39, 0.29) is 23.6 Å². The van der Waals surface area contributed by atoms with E-state index in [9.17, 15) is 19.7 Å². The summed E-state index contributed by atoms with van der Waals surface area (Å²) in [7, 11) is -0.453. The molecule has 1 aromatic carbocycles. The molecule has 0 unspecified atom stereocenters. The van der Waals surface area contributed by atoms with Gasteiger partial charge in [-0.25, -0.2) is 9.59 Å². The number of nitro benzene ring substituents is 1. The lowest BCUT2D eigenvalue weighted by atomic mass is 9.79. The first-order chi connectivity index (χ1) is 13.9. The second kappa shape index (κ2) is 9.13. The van der Waals surface area contributed by atoms with Gasteiger partial charge in [-0.2, -0.15) is 0 Å². The zero-order valence-electron chi connectivity index (χ0n) is 18.3. The van der Waals surface area contributed by atoms with Crippen molar-refractivity contribution in [3.8, 4) is 0 Å². The highest BCUT2D eigenvalue weighted by molar-refractivity contribution is 6.48. The number of rotatable bonds is 6. The van der Waals surface area contributed by atoms with Gasteiger partial charge in [0.1, 0.15) is 6.61 Å². The topological polar surface area (TPSA) is 108 Å². The van der Waals surface area contributed by atoms with E-state index in [1.54, 1.807) is 0 Å². The highest BCUT2D eigenvalue weighted by Gasteiger charge is 2.58. The summed E-state index contributed by atoms with van der Waals surface area (Å²) in [6, 6.07) is 5.75. The Kier molecular flexibility index (Phi) is 7.25. The summed E-state index contributed by atoms with van der Waals surface area (Å²) >= 11 is 0. The number of non-ortho nitro benzene ring substituents is 1. The Labute approximate surface area is 178 Å². The van der Waals surface area contributed by atoms with Gasteiger partial charge in [0.25, 0.3) is 5.69 Å². The number of esters is 1. The third kappa shape index (κ3) is 5.17. The number of amides is 1. The third-order valence-corrected chi connectivity index (χ3v) is 6.11. The van der Waals surface area contributed by atoms with Crippen molar-refractivity contribution in [2.45, 2.75) is 52.6 Å². The van der Waals surface area contributed by atoms with Gasteiger partial charge >= 0.3 is 12.1 Å². The Balaban J connectivity index is 2.25. The quantitative estimate of drug-likeness (QED) is 0.289. The molecule has 2 rings (SSSR count). The maximum absolute atomic E-state index is 13.0. The van der Waals surface area contributed by atoms with Gasteiger partial charge in [0.05, 0.1) is 12.0 Å². The van der Waals surface area contributed by atoms with Crippen LogP contribution in [0.5, 0.6) is 0 Å². The minimum absolute atomic E-state index is 0.0104. The number of carbonyl (C=O) groups excluding carboxylic acids is 2. The highest BCUT2D eigenvalue weighted by atomic mass is 28.3. The van der Waals surface area contributed by atoms with Gasteiger partial charge in [0.2, 0.25) is 5.72 Å². The summed E-state index contributed by atoms with van der Waals surface area (Å²) in [5.41, 5.74) is -1.10. The van der Waals surface area contributed by atoms with Crippen LogP contribution in [0.4, 0.5) is 10.5 Å². The largest absolute Gasteiger partial charge is 0.465 e. The number of hydrogen-bond donors (Lipinski definition) is 0. The first kappa shape index (κ1) is 23.8. The molecule has 0 spiro atoms. The van der Waals surface area contributed by atoms with Crippen molar-refractivity contribution in [1.29, 1.82) is 0 Å². The van der Waals surface area contributed by atoms with Crippen molar-refractivity contribution in [3.05, 3.63) is 39.9 Å². The first-order valence-corrected chi connectivity index (χ1v) is 12.6. The molecule has 166 valence electrons. The summed E-state index contributed by atoms with van der Waals surface area (Å²) in [6.07, 6.45) is -0.346. The minimum atomic E-state index is -1.73. The predicted octanol–water partition coefficient (Wildman–Crippen LogP) is 3.47. The molecule has 2 atom stereocenters. The molecular formula is C20H30N2O7Si. The van der Waals surface area contributed by atoms with E-state index >= 15 is 0 Å². The first-order valence-electron chi connectivity index (χ1n) is 9.84. The summed E-state index contributed by atoms with van der Waals surface area (Å²) < 4.78 is 16.6. The summed E-state index contributed by atoms with van der Waals surface area (Å²) in [4.78, 5) is 37.4. The van der Waals surface area contributed by atoms with E-state index in [1.165, 1.54) is 36.3 Å². The molecule has 1 heterocycles. The Morgan fingerprint density at radius 1 is 1.27 bits per heavy atom. The standard InChI is InChI=1S/C20H30N2O7Si/c1-19(2,3)15-11-20(17(23)27-4,29-30(5)6)21(12-15)18(24)28-13-14-7-9-16(10-8-14)22(25)26/h7-10,15,30H,11-13H2,1-6H3/t15-,20-/m0/s1. The monoisotopic (exact) mass is 438 g/mol. The van der Waals surface area contributed by atoms with Gasteiger partial charge in [0, 0.05) is 25.1 Å². The molecule has 0 bridgehead atoms. The highest BCUT2D eigenvalue weighted by Crippen LogP contribution is 2.44. The van der Waals surface area contributed by atoms with Crippen LogP contribution in [0.3, 0.4) is 0 Å². The second-order valence-corrected chi connectivity index (χ2v) is 11.1. The number of carbonyl (C=O) groups is 2. The molecule has 0 aromatic heterocycles. The Hall–Kier alpha value is -2.46. The number of nitrogens with zero attached hydrogens (tertiary/aromatic N) is 2. The van der Waals surface area contributed by atoms with Crippen molar-refractivity contribution in [2.24, 2.45) is 11.3 Å². The molecule has 9 nitrogen and oxygen atoms in total. The normalized spacial score (nSPS) is 21.6. The van der Waals surface area contributed by atoms with E-state index in [0.29, 0.717) is 18.5 Å². The summed E-state index contributed by atoms with van der Waals surface area (Å²) in [5.74, 6) is -0.598. The van der Waals surface area contributed by atoms with Crippen LogP contribution >= 0.6 is 0 Å². The molecule has 1 aliphatic rings. The van der Waals surface area contributed by atoms with Crippen molar-refractivity contribution in [2.75, 3.05) is 13.7 Å². The lowest BCUT2D eigenvalue weighted by Crippen LogP contribution is -2.57. The van der Waals surface area contributed by atoms with Gasteiger partial charge in [0.15, 0.2) is 9.04 Å². The smallest absolute Gasteiger partial charge is 0.412 e. The SMILES string of the molecule is COC(=O)[C@@]1(O[SiH](C)C)C[C@H](C(C)(C)C)CN1C(=O)OCc1ccc([N+](=O)[O-])cc1. The number of ether oxygens (including phenoxy) is 2. The fourth-order valence-corrected chi connectivity index (χ4v) is 4.62. The second-order valence-electron chi connectivity index (χ2n) is 8.80. The summed E-state index contributed by atoms with van der Waals surface area (Å²) in [6.45, 7) is 10.2. The summed E-state index contributed by atoms with van der Waals surface area (Å²) in [5, 5.41) is 10.8. The molecule has 0 aliphatic carbocycles. The molecule has 0 N–H and O–H groups in total. The van der Waals surface area contributed by atoms with Crippen LogP contribution in [0.2, 0.25) is 13.1 Å². The van der Waals surface area contributed by atoms with Crippen LogP contribution in [0.1, 0.15) is 32.8 Å². The molecule has 0 saturated carbocycles. The van der Waals surface area contributed by atoms with Crippen LogP contribution in [0, 0.1) is 21.4 Å². The number of hydrogen-bond acceptors (Lipinski definition) is 7. The number of nitro groups is 1. The van der Waals surface area contributed by atoms with Crippen LogP contribution < -0.4 is 0 Å². The maximum atomic E-state index is 13.0. The van der Waals surface area contributed by atoms with Crippen LogP contribution in [-0.4, -0.2) is 50.3 Å². The Bertz CT molecular complexity index is 791.